The molecule has 0 bridgehead atoms. The Hall–Kier alpha value is -2.77. The average molecular weight is 340 g/mol. The first-order valence-corrected chi connectivity index (χ1v) is 8.54. The number of rotatable bonds is 4. The molecule has 0 spiro atoms. The average Bonchev–Trinajstić information content (AvgIpc) is 3.34. The molecule has 1 aliphatic heterocycles. The maximum atomic E-state index is 12.8. The van der Waals surface area contributed by atoms with Crippen molar-refractivity contribution >= 4 is 16.9 Å². The minimum absolute atomic E-state index is 0.00551. The zero-order chi connectivity index (χ0) is 17.4. The highest BCUT2D eigenvalue weighted by Gasteiger charge is 2.33. The van der Waals surface area contributed by atoms with E-state index in [4.69, 9.17) is 4.52 Å². The Morgan fingerprint density at radius 2 is 2.20 bits per heavy atom. The molecule has 0 radical (unpaired) electrons. The molecule has 1 aliphatic rings. The van der Waals surface area contributed by atoms with E-state index in [1.165, 1.54) is 0 Å². The quantitative estimate of drug-likeness (QED) is 0.724. The van der Waals surface area contributed by atoms with Crippen LogP contribution in [-0.2, 0) is 11.3 Å². The molecule has 1 atom stereocenters. The Balaban J connectivity index is 1.54. The van der Waals surface area contributed by atoms with Gasteiger partial charge in [0.25, 0.3) is 0 Å². The molecular formula is C17H20N6O2. The van der Waals surface area contributed by atoms with E-state index in [1.54, 1.807) is 4.68 Å². The van der Waals surface area contributed by atoms with Crippen molar-refractivity contribution in [3.63, 3.8) is 0 Å². The molecule has 1 aromatic carbocycles. The first-order valence-electron chi connectivity index (χ1n) is 8.54. The maximum absolute atomic E-state index is 12.8. The standard InChI is InChI=1S/C17H20N6O2/c1-11(2)17-18-16(20-25-17)14-8-5-9-22(14)15(24)10-23-13-7-4-3-6-12(13)19-21-23/h3-4,6-7,11,14H,5,8-10H2,1-2H3/t14-/m1/s1. The molecule has 130 valence electrons. The van der Waals surface area contributed by atoms with Gasteiger partial charge in [0.15, 0.2) is 5.82 Å². The van der Waals surface area contributed by atoms with E-state index in [1.807, 2.05) is 43.0 Å². The first-order chi connectivity index (χ1) is 12.1. The Labute approximate surface area is 144 Å². The van der Waals surface area contributed by atoms with Gasteiger partial charge in [-0.25, -0.2) is 4.68 Å². The second-order valence-electron chi connectivity index (χ2n) is 6.63. The molecule has 3 aromatic rings. The zero-order valence-corrected chi connectivity index (χ0v) is 14.3. The van der Waals surface area contributed by atoms with Crippen LogP contribution in [0.4, 0.5) is 0 Å². The maximum Gasteiger partial charge on any atom is 0.245 e. The van der Waals surface area contributed by atoms with E-state index in [9.17, 15) is 4.79 Å². The van der Waals surface area contributed by atoms with E-state index in [-0.39, 0.29) is 24.4 Å². The molecular weight excluding hydrogens is 320 g/mol. The lowest BCUT2D eigenvalue weighted by molar-refractivity contribution is -0.133. The molecule has 1 fully saturated rings. The van der Waals surface area contributed by atoms with Crippen molar-refractivity contribution in [3.8, 4) is 0 Å². The molecule has 3 heterocycles. The summed E-state index contributed by atoms with van der Waals surface area (Å²) in [4.78, 5) is 19.1. The summed E-state index contributed by atoms with van der Waals surface area (Å²) in [5.41, 5.74) is 1.64. The summed E-state index contributed by atoms with van der Waals surface area (Å²) in [5, 5.41) is 12.3. The van der Waals surface area contributed by atoms with Gasteiger partial charge < -0.3 is 9.42 Å². The number of amides is 1. The van der Waals surface area contributed by atoms with E-state index in [0.29, 0.717) is 18.3 Å². The molecule has 25 heavy (non-hydrogen) atoms. The van der Waals surface area contributed by atoms with E-state index < -0.39 is 0 Å². The predicted molar refractivity (Wildman–Crippen MR) is 89.6 cm³/mol. The van der Waals surface area contributed by atoms with Gasteiger partial charge in [-0.15, -0.1) is 5.10 Å². The summed E-state index contributed by atoms with van der Waals surface area (Å²) in [7, 11) is 0. The number of carbonyl (C=O) groups excluding carboxylic acids is 1. The highest BCUT2D eigenvalue weighted by atomic mass is 16.5. The topological polar surface area (TPSA) is 89.9 Å². The number of para-hydroxylation sites is 1. The molecule has 8 nitrogen and oxygen atoms in total. The second-order valence-corrected chi connectivity index (χ2v) is 6.63. The van der Waals surface area contributed by atoms with Crippen LogP contribution in [0.3, 0.4) is 0 Å². The minimum atomic E-state index is -0.126. The lowest BCUT2D eigenvalue weighted by Crippen LogP contribution is -2.34. The third kappa shape index (κ3) is 2.88. The third-order valence-electron chi connectivity index (χ3n) is 4.53. The fraction of sp³-hybridized carbons (Fsp3) is 0.471. The molecule has 0 aliphatic carbocycles. The number of carbonyl (C=O) groups is 1. The third-order valence-corrected chi connectivity index (χ3v) is 4.53. The lowest BCUT2D eigenvalue weighted by atomic mass is 10.2. The van der Waals surface area contributed by atoms with Crippen molar-refractivity contribution in [1.82, 2.24) is 30.0 Å². The van der Waals surface area contributed by atoms with Gasteiger partial charge in [-0.2, -0.15) is 4.98 Å². The van der Waals surface area contributed by atoms with Crippen molar-refractivity contribution in [2.45, 2.75) is 45.2 Å². The van der Waals surface area contributed by atoms with Gasteiger partial charge in [0.05, 0.1) is 11.6 Å². The van der Waals surface area contributed by atoms with Crippen LogP contribution in [0, 0.1) is 0 Å². The predicted octanol–water partition coefficient (Wildman–Crippen LogP) is 2.30. The van der Waals surface area contributed by atoms with Gasteiger partial charge in [-0.3, -0.25) is 4.79 Å². The van der Waals surface area contributed by atoms with Gasteiger partial charge in [0, 0.05) is 12.5 Å². The van der Waals surface area contributed by atoms with E-state index in [0.717, 1.165) is 23.9 Å². The van der Waals surface area contributed by atoms with E-state index in [2.05, 4.69) is 20.5 Å². The van der Waals surface area contributed by atoms with Crippen molar-refractivity contribution in [3.05, 3.63) is 36.0 Å². The van der Waals surface area contributed by atoms with Crippen molar-refractivity contribution in [1.29, 1.82) is 0 Å². The van der Waals surface area contributed by atoms with Crippen LogP contribution >= 0.6 is 0 Å². The largest absolute Gasteiger partial charge is 0.339 e. The van der Waals surface area contributed by atoms with Crippen LogP contribution in [0.5, 0.6) is 0 Å². The monoisotopic (exact) mass is 340 g/mol. The SMILES string of the molecule is CC(C)c1nc([C@H]2CCCN2C(=O)Cn2nnc3ccccc32)no1. The first kappa shape index (κ1) is 15.7. The van der Waals surface area contributed by atoms with Gasteiger partial charge in [-0.1, -0.05) is 36.4 Å². The number of benzene rings is 1. The minimum Gasteiger partial charge on any atom is -0.339 e. The summed E-state index contributed by atoms with van der Waals surface area (Å²) >= 11 is 0. The lowest BCUT2D eigenvalue weighted by Gasteiger charge is -2.22. The molecule has 0 saturated carbocycles. The number of fused-ring (bicyclic) bond motifs is 1. The Kier molecular flexibility index (Phi) is 3.95. The molecule has 4 rings (SSSR count). The van der Waals surface area contributed by atoms with Gasteiger partial charge in [0.2, 0.25) is 11.8 Å². The van der Waals surface area contributed by atoms with Crippen LogP contribution in [0.2, 0.25) is 0 Å². The Bertz CT molecular complexity index is 899. The van der Waals surface area contributed by atoms with Crippen molar-refractivity contribution in [2.75, 3.05) is 6.54 Å². The highest BCUT2D eigenvalue weighted by molar-refractivity contribution is 5.80. The van der Waals surface area contributed by atoms with Gasteiger partial charge >= 0.3 is 0 Å². The summed E-state index contributed by atoms with van der Waals surface area (Å²) < 4.78 is 6.95. The molecule has 1 saturated heterocycles. The van der Waals surface area contributed by atoms with E-state index >= 15 is 0 Å². The van der Waals surface area contributed by atoms with Crippen LogP contribution in [0.1, 0.15) is 50.4 Å². The van der Waals surface area contributed by atoms with Gasteiger partial charge in [-0.05, 0) is 25.0 Å². The highest BCUT2D eigenvalue weighted by Crippen LogP contribution is 2.31. The van der Waals surface area contributed by atoms with Gasteiger partial charge in [0.1, 0.15) is 12.1 Å². The Morgan fingerprint density at radius 1 is 1.36 bits per heavy atom. The summed E-state index contributed by atoms with van der Waals surface area (Å²) in [6.45, 7) is 4.86. The number of likely N-dealkylation sites (tertiary alicyclic amines) is 1. The second kappa shape index (κ2) is 6.27. The molecule has 2 aromatic heterocycles. The van der Waals surface area contributed by atoms with Crippen molar-refractivity contribution < 1.29 is 9.32 Å². The van der Waals surface area contributed by atoms with Crippen molar-refractivity contribution in [2.24, 2.45) is 0 Å². The van der Waals surface area contributed by atoms with Crippen LogP contribution in [0.25, 0.3) is 11.0 Å². The van der Waals surface area contributed by atoms with Crippen LogP contribution in [-0.4, -0.2) is 42.5 Å². The molecule has 0 N–H and O–H groups in total. The van der Waals surface area contributed by atoms with Crippen LogP contribution < -0.4 is 0 Å². The molecule has 8 heteroatoms. The number of nitrogens with zero attached hydrogens (tertiary/aromatic N) is 6. The number of aromatic nitrogens is 5. The summed E-state index contributed by atoms with van der Waals surface area (Å²) in [5.74, 6) is 1.37. The zero-order valence-electron chi connectivity index (χ0n) is 14.3. The summed E-state index contributed by atoms with van der Waals surface area (Å²) in [6.07, 6.45) is 1.78. The number of hydrogen-bond acceptors (Lipinski definition) is 6. The summed E-state index contributed by atoms with van der Waals surface area (Å²) in [6, 6.07) is 7.49. The molecule has 1 amide bonds. The fourth-order valence-corrected chi connectivity index (χ4v) is 3.20. The Morgan fingerprint density at radius 3 is 3.00 bits per heavy atom. The smallest absolute Gasteiger partial charge is 0.245 e. The number of hydrogen-bond donors (Lipinski definition) is 0. The normalized spacial score (nSPS) is 17.7. The fourth-order valence-electron chi connectivity index (χ4n) is 3.20. The molecule has 0 unspecified atom stereocenters. The van der Waals surface area contributed by atoms with Crippen LogP contribution in [0.15, 0.2) is 28.8 Å².